The van der Waals surface area contributed by atoms with Crippen LogP contribution in [0.4, 0.5) is 4.39 Å². The Morgan fingerprint density at radius 2 is 2.11 bits per heavy atom. The highest BCUT2D eigenvalue weighted by Gasteiger charge is 2.26. The fourth-order valence-corrected chi connectivity index (χ4v) is 2.86. The van der Waals surface area contributed by atoms with Gasteiger partial charge in [0.05, 0.1) is 0 Å². The zero-order valence-electron chi connectivity index (χ0n) is 11.4. The first-order valence-electron chi connectivity index (χ1n) is 6.70. The molecule has 0 bridgehead atoms. The summed E-state index contributed by atoms with van der Waals surface area (Å²) in [6.07, 6.45) is 2.53. The molecule has 1 heterocycles. The number of halogens is 1. The quantitative estimate of drug-likeness (QED) is 0.893. The average molecular weight is 250 g/mol. The van der Waals surface area contributed by atoms with Gasteiger partial charge < -0.3 is 5.73 Å². The number of hydrogen-bond acceptors (Lipinski definition) is 2. The molecule has 0 atom stereocenters. The zero-order valence-corrected chi connectivity index (χ0v) is 11.4. The fraction of sp³-hybridized carbons (Fsp3) is 0.600. The van der Waals surface area contributed by atoms with Crippen LogP contribution in [0.2, 0.25) is 0 Å². The van der Waals surface area contributed by atoms with Gasteiger partial charge in [-0.3, -0.25) is 4.90 Å². The summed E-state index contributed by atoms with van der Waals surface area (Å²) >= 11 is 0. The first-order valence-corrected chi connectivity index (χ1v) is 6.70. The molecule has 0 saturated carbocycles. The van der Waals surface area contributed by atoms with Gasteiger partial charge in [-0.2, -0.15) is 0 Å². The molecule has 1 aromatic carbocycles. The van der Waals surface area contributed by atoms with Crippen LogP contribution in [0.5, 0.6) is 0 Å². The highest BCUT2D eigenvalue weighted by molar-refractivity contribution is 5.27. The molecule has 0 spiro atoms. The minimum Gasteiger partial charge on any atom is -0.326 e. The van der Waals surface area contributed by atoms with Crippen molar-refractivity contribution < 1.29 is 4.39 Å². The molecule has 2 N–H and O–H groups in total. The SMILES string of the molecule is CC1(C)CCCN(Cc2ccc(F)cc2CN)C1. The fourth-order valence-electron chi connectivity index (χ4n) is 2.86. The monoisotopic (exact) mass is 250 g/mol. The Bertz CT molecular complexity index is 415. The minimum absolute atomic E-state index is 0.196. The third kappa shape index (κ3) is 3.30. The van der Waals surface area contributed by atoms with E-state index in [0.29, 0.717) is 12.0 Å². The second kappa shape index (κ2) is 5.37. The lowest BCUT2D eigenvalue weighted by atomic mass is 9.84. The van der Waals surface area contributed by atoms with Crippen molar-refractivity contribution in [3.8, 4) is 0 Å². The van der Waals surface area contributed by atoms with Crippen molar-refractivity contribution in [1.82, 2.24) is 4.90 Å². The molecule has 1 aromatic rings. The summed E-state index contributed by atoms with van der Waals surface area (Å²) in [5.41, 5.74) is 8.18. The summed E-state index contributed by atoms with van der Waals surface area (Å²) in [6.45, 7) is 8.15. The average Bonchev–Trinajstić information content (AvgIpc) is 2.30. The minimum atomic E-state index is -0.196. The number of rotatable bonds is 3. The maximum Gasteiger partial charge on any atom is 0.123 e. The second-order valence-corrected chi connectivity index (χ2v) is 6.10. The number of hydrogen-bond donors (Lipinski definition) is 1. The standard InChI is InChI=1S/C15H23FN2/c1-15(2)6-3-7-18(11-15)10-12-4-5-14(16)8-13(12)9-17/h4-5,8H,3,6-7,9-11,17H2,1-2H3. The van der Waals surface area contributed by atoms with Gasteiger partial charge in [0.25, 0.3) is 0 Å². The van der Waals surface area contributed by atoms with E-state index >= 15 is 0 Å². The molecular weight excluding hydrogens is 227 g/mol. The Balaban J connectivity index is 2.09. The van der Waals surface area contributed by atoms with Crippen molar-refractivity contribution >= 4 is 0 Å². The molecule has 100 valence electrons. The van der Waals surface area contributed by atoms with Crippen LogP contribution in [0.25, 0.3) is 0 Å². The normalized spacial score (nSPS) is 20.0. The summed E-state index contributed by atoms with van der Waals surface area (Å²) in [5.74, 6) is -0.196. The van der Waals surface area contributed by atoms with Crippen LogP contribution in [0.1, 0.15) is 37.8 Å². The second-order valence-electron chi connectivity index (χ2n) is 6.10. The van der Waals surface area contributed by atoms with Gasteiger partial charge in [-0.25, -0.2) is 4.39 Å². The van der Waals surface area contributed by atoms with Crippen LogP contribution in [0.15, 0.2) is 18.2 Å². The van der Waals surface area contributed by atoms with E-state index in [2.05, 4.69) is 18.7 Å². The van der Waals surface area contributed by atoms with Gasteiger partial charge in [0.15, 0.2) is 0 Å². The van der Waals surface area contributed by atoms with E-state index in [-0.39, 0.29) is 5.82 Å². The lowest BCUT2D eigenvalue weighted by molar-refractivity contribution is 0.111. The molecule has 0 radical (unpaired) electrons. The van der Waals surface area contributed by atoms with Gasteiger partial charge in [-0.15, -0.1) is 0 Å². The number of nitrogens with zero attached hydrogens (tertiary/aromatic N) is 1. The van der Waals surface area contributed by atoms with E-state index in [1.165, 1.54) is 18.9 Å². The van der Waals surface area contributed by atoms with Crippen LogP contribution in [-0.4, -0.2) is 18.0 Å². The van der Waals surface area contributed by atoms with Gasteiger partial charge in [-0.1, -0.05) is 19.9 Å². The Kier molecular flexibility index (Phi) is 4.03. The smallest absolute Gasteiger partial charge is 0.123 e. The molecule has 0 unspecified atom stereocenters. The predicted octanol–water partition coefficient (Wildman–Crippen LogP) is 2.91. The van der Waals surface area contributed by atoms with E-state index in [4.69, 9.17) is 5.73 Å². The van der Waals surface area contributed by atoms with E-state index in [1.54, 1.807) is 6.07 Å². The molecule has 2 rings (SSSR count). The van der Waals surface area contributed by atoms with Crippen molar-refractivity contribution in [2.45, 2.75) is 39.8 Å². The van der Waals surface area contributed by atoms with Crippen LogP contribution in [-0.2, 0) is 13.1 Å². The lowest BCUT2D eigenvalue weighted by Crippen LogP contribution is -2.39. The summed E-state index contributed by atoms with van der Waals surface area (Å²) in [7, 11) is 0. The van der Waals surface area contributed by atoms with Crippen LogP contribution < -0.4 is 5.73 Å². The summed E-state index contributed by atoms with van der Waals surface area (Å²) in [5, 5.41) is 0. The molecule has 0 aliphatic carbocycles. The van der Waals surface area contributed by atoms with Gasteiger partial charge in [0.2, 0.25) is 0 Å². The Morgan fingerprint density at radius 1 is 1.33 bits per heavy atom. The molecule has 3 heteroatoms. The molecule has 18 heavy (non-hydrogen) atoms. The highest BCUT2D eigenvalue weighted by atomic mass is 19.1. The summed E-state index contributed by atoms with van der Waals surface area (Å²) in [4.78, 5) is 2.45. The van der Waals surface area contributed by atoms with E-state index in [9.17, 15) is 4.39 Å². The number of benzene rings is 1. The van der Waals surface area contributed by atoms with E-state index < -0.39 is 0 Å². The predicted molar refractivity (Wildman–Crippen MR) is 72.6 cm³/mol. The maximum absolute atomic E-state index is 13.2. The topological polar surface area (TPSA) is 29.3 Å². The first-order chi connectivity index (χ1) is 8.50. The van der Waals surface area contributed by atoms with Crippen molar-refractivity contribution in [2.75, 3.05) is 13.1 Å². The van der Waals surface area contributed by atoms with Gasteiger partial charge in [-0.05, 0) is 48.1 Å². The van der Waals surface area contributed by atoms with Crippen molar-refractivity contribution in [3.63, 3.8) is 0 Å². The largest absolute Gasteiger partial charge is 0.326 e. The van der Waals surface area contributed by atoms with Crippen LogP contribution in [0, 0.1) is 11.2 Å². The van der Waals surface area contributed by atoms with Gasteiger partial charge >= 0.3 is 0 Å². The molecule has 1 fully saturated rings. The molecular formula is C15H23FN2. The van der Waals surface area contributed by atoms with Crippen LogP contribution in [0.3, 0.4) is 0 Å². The third-order valence-electron chi connectivity index (χ3n) is 3.76. The molecule has 1 aliphatic heterocycles. The summed E-state index contributed by atoms with van der Waals surface area (Å²) < 4.78 is 13.2. The van der Waals surface area contributed by atoms with Crippen LogP contribution >= 0.6 is 0 Å². The number of nitrogens with two attached hydrogens (primary N) is 1. The van der Waals surface area contributed by atoms with Crippen molar-refractivity contribution in [3.05, 3.63) is 35.1 Å². The molecule has 1 aliphatic rings. The molecule has 2 nitrogen and oxygen atoms in total. The van der Waals surface area contributed by atoms with Gasteiger partial charge in [0, 0.05) is 19.6 Å². The maximum atomic E-state index is 13.2. The lowest BCUT2D eigenvalue weighted by Gasteiger charge is -2.38. The highest BCUT2D eigenvalue weighted by Crippen LogP contribution is 2.29. The van der Waals surface area contributed by atoms with Crippen molar-refractivity contribution in [2.24, 2.45) is 11.1 Å². The number of piperidine rings is 1. The Labute approximate surface area is 109 Å². The first kappa shape index (κ1) is 13.5. The number of likely N-dealkylation sites (tertiary alicyclic amines) is 1. The molecule has 1 saturated heterocycles. The molecule has 0 aromatic heterocycles. The summed E-state index contributed by atoms with van der Waals surface area (Å²) in [6, 6.07) is 4.97. The van der Waals surface area contributed by atoms with Gasteiger partial charge in [0.1, 0.15) is 5.82 Å². The van der Waals surface area contributed by atoms with E-state index in [1.807, 2.05) is 6.07 Å². The van der Waals surface area contributed by atoms with Crippen molar-refractivity contribution in [1.29, 1.82) is 0 Å². The zero-order chi connectivity index (χ0) is 13.2. The van der Waals surface area contributed by atoms with E-state index in [0.717, 1.165) is 30.8 Å². The Morgan fingerprint density at radius 3 is 2.78 bits per heavy atom. The molecule has 0 amide bonds. The third-order valence-corrected chi connectivity index (χ3v) is 3.76. The Hall–Kier alpha value is -0.930.